The van der Waals surface area contributed by atoms with Crippen molar-refractivity contribution in [3.8, 4) is 0 Å². The van der Waals surface area contributed by atoms with Crippen LogP contribution in [-0.4, -0.2) is 40.4 Å². The van der Waals surface area contributed by atoms with Crippen LogP contribution < -0.4 is 5.73 Å². The van der Waals surface area contributed by atoms with Gasteiger partial charge in [0.05, 0.1) is 12.5 Å². The molecule has 6 heteroatoms. The number of carbonyl (C=O) groups is 3. The second-order valence-electron chi connectivity index (χ2n) is 4.27. The van der Waals surface area contributed by atoms with Crippen molar-refractivity contribution in [1.82, 2.24) is 4.90 Å². The Morgan fingerprint density at radius 3 is 2.50 bits per heavy atom. The summed E-state index contributed by atoms with van der Waals surface area (Å²) in [6.45, 7) is 3.15. The number of carboxylic acids is 1. The third-order valence-electron chi connectivity index (χ3n) is 3.05. The van der Waals surface area contributed by atoms with Crippen LogP contribution >= 0.6 is 0 Å². The molecule has 1 heterocycles. The first kappa shape index (κ1) is 12.5. The number of nitrogens with two attached hydrogens (primary N) is 1. The lowest BCUT2D eigenvalue weighted by atomic mass is 9.81. The Labute approximate surface area is 93.4 Å². The van der Waals surface area contributed by atoms with Gasteiger partial charge in [-0.3, -0.25) is 14.4 Å². The lowest BCUT2D eigenvalue weighted by molar-refractivity contribution is -0.156. The molecule has 6 nitrogen and oxygen atoms in total. The summed E-state index contributed by atoms with van der Waals surface area (Å²) in [6, 6.07) is -0.499. The van der Waals surface area contributed by atoms with Crippen LogP contribution in [0.25, 0.3) is 0 Å². The molecule has 90 valence electrons. The molecule has 1 saturated heterocycles. The highest BCUT2D eigenvalue weighted by Crippen LogP contribution is 2.29. The van der Waals surface area contributed by atoms with E-state index in [1.807, 2.05) is 0 Å². The van der Waals surface area contributed by atoms with Crippen LogP contribution in [0.3, 0.4) is 0 Å². The summed E-state index contributed by atoms with van der Waals surface area (Å²) < 4.78 is 0. The highest BCUT2D eigenvalue weighted by atomic mass is 16.4. The van der Waals surface area contributed by atoms with Crippen LogP contribution in [0.1, 0.15) is 20.3 Å². The molecule has 0 aromatic rings. The molecule has 3 N–H and O–H groups in total. The third kappa shape index (κ3) is 2.32. The molecule has 0 saturated carbocycles. The van der Waals surface area contributed by atoms with Gasteiger partial charge < -0.3 is 15.7 Å². The summed E-state index contributed by atoms with van der Waals surface area (Å²) in [7, 11) is 0. The van der Waals surface area contributed by atoms with Gasteiger partial charge >= 0.3 is 5.97 Å². The van der Waals surface area contributed by atoms with E-state index in [1.165, 1.54) is 4.90 Å². The predicted molar refractivity (Wildman–Crippen MR) is 55.3 cm³/mol. The van der Waals surface area contributed by atoms with Gasteiger partial charge in [-0.15, -0.1) is 0 Å². The zero-order valence-corrected chi connectivity index (χ0v) is 9.34. The minimum absolute atomic E-state index is 0.147. The first-order valence-electron chi connectivity index (χ1n) is 5.15. The number of nitrogens with zero attached hydrogens (tertiary/aromatic N) is 1. The van der Waals surface area contributed by atoms with Gasteiger partial charge in [0.2, 0.25) is 11.8 Å². The molecular formula is C10H16N2O4. The molecule has 3 unspecified atom stereocenters. The molecular weight excluding hydrogens is 212 g/mol. The SMILES string of the molecule is CC1CC(=O)N(CC(N)=O)C(C)C1C(=O)O. The molecule has 1 fully saturated rings. The van der Waals surface area contributed by atoms with Gasteiger partial charge in [-0.25, -0.2) is 0 Å². The molecule has 0 radical (unpaired) electrons. The Hall–Kier alpha value is -1.59. The summed E-state index contributed by atoms with van der Waals surface area (Å²) in [4.78, 5) is 34.8. The molecule has 3 atom stereocenters. The van der Waals surface area contributed by atoms with Gasteiger partial charge in [-0.2, -0.15) is 0 Å². The van der Waals surface area contributed by atoms with Crippen LogP contribution in [0.5, 0.6) is 0 Å². The van der Waals surface area contributed by atoms with Crippen molar-refractivity contribution in [3.05, 3.63) is 0 Å². The predicted octanol–water partition coefficient (Wildman–Crippen LogP) is -0.571. The zero-order chi connectivity index (χ0) is 12.5. The number of hydrogen-bond donors (Lipinski definition) is 2. The lowest BCUT2D eigenvalue weighted by Gasteiger charge is -2.40. The largest absolute Gasteiger partial charge is 0.481 e. The Morgan fingerprint density at radius 2 is 2.06 bits per heavy atom. The average Bonchev–Trinajstić information content (AvgIpc) is 2.10. The maximum absolute atomic E-state index is 11.6. The van der Waals surface area contributed by atoms with Gasteiger partial charge in [0.25, 0.3) is 0 Å². The van der Waals surface area contributed by atoms with Crippen LogP contribution in [0.15, 0.2) is 0 Å². The molecule has 0 bridgehead atoms. The Morgan fingerprint density at radius 1 is 1.50 bits per heavy atom. The number of amides is 2. The van der Waals surface area contributed by atoms with Crippen molar-refractivity contribution in [3.63, 3.8) is 0 Å². The summed E-state index contributed by atoms with van der Waals surface area (Å²) in [5, 5.41) is 9.06. The van der Waals surface area contributed by atoms with Crippen molar-refractivity contribution >= 4 is 17.8 Å². The quantitative estimate of drug-likeness (QED) is 0.675. The monoisotopic (exact) mass is 228 g/mol. The number of likely N-dealkylation sites (tertiary alicyclic amines) is 1. The topological polar surface area (TPSA) is 101 Å². The van der Waals surface area contributed by atoms with Crippen LogP contribution in [0, 0.1) is 11.8 Å². The van der Waals surface area contributed by atoms with E-state index in [2.05, 4.69) is 0 Å². The van der Waals surface area contributed by atoms with Crippen molar-refractivity contribution in [2.45, 2.75) is 26.3 Å². The molecule has 0 spiro atoms. The Balaban J connectivity index is 2.89. The highest BCUT2D eigenvalue weighted by Gasteiger charge is 2.41. The summed E-state index contributed by atoms with van der Waals surface area (Å²) in [5.74, 6) is -2.64. The minimum Gasteiger partial charge on any atom is -0.481 e. The van der Waals surface area contributed by atoms with Gasteiger partial charge in [-0.1, -0.05) is 6.92 Å². The van der Waals surface area contributed by atoms with Crippen molar-refractivity contribution < 1.29 is 19.5 Å². The molecule has 1 aliphatic rings. The average molecular weight is 228 g/mol. The van der Waals surface area contributed by atoms with E-state index >= 15 is 0 Å². The summed E-state index contributed by atoms with van der Waals surface area (Å²) >= 11 is 0. The van der Waals surface area contributed by atoms with E-state index in [1.54, 1.807) is 13.8 Å². The first-order valence-corrected chi connectivity index (χ1v) is 5.15. The van der Waals surface area contributed by atoms with Crippen LogP contribution in [0.4, 0.5) is 0 Å². The van der Waals surface area contributed by atoms with Crippen LogP contribution in [-0.2, 0) is 14.4 Å². The molecule has 2 amide bonds. The lowest BCUT2D eigenvalue weighted by Crippen LogP contribution is -2.54. The van der Waals surface area contributed by atoms with E-state index in [0.717, 1.165) is 0 Å². The Bertz CT molecular complexity index is 329. The first-order chi connectivity index (χ1) is 7.34. The fourth-order valence-corrected chi connectivity index (χ4v) is 2.27. The molecule has 0 aromatic heterocycles. The number of primary amides is 1. The summed E-state index contributed by atoms with van der Waals surface area (Å²) in [5.41, 5.74) is 5.02. The fraction of sp³-hybridized carbons (Fsp3) is 0.700. The molecule has 1 aliphatic heterocycles. The maximum Gasteiger partial charge on any atom is 0.308 e. The van der Waals surface area contributed by atoms with Crippen molar-refractivity contribution in [2.24, 2.45) is 17.6 Å². The van der Waals surface area contributed by atoms with Gasteiger partial charge in [0.1, 0.15) is 0 Å². The van der Waals surface area contributed by atoms with Crippen molar-refractivity contribution in [1.29, 1.82) is 0 Å². The normalized spacial score (nSPS) is 30.2. The minimum atomic E-state index is -0.943. The van der Waals surface area contributed by atoms with E-state index in [-0.39, 0.29) is 24.8 Å². The zero-order valence-electron chi connectivity index (χ0n) is 9.34. The van der Waals surface area contributed by atoms with Gasteiger partial charge in [-0.05, 0) is 12.8 Å². The van der Waals surface area contributed by atoms with Gasteiger partial charge in [0.15, 0.2) is 0 Å². The molecule has 0 aliphatic carbocycles. The smallest absolute Gasteiger partial charge is 0.308 e. The van der Waals surface area contributed by atoms with E-state index in [0.29, 0.717) is 0 Å². The number of carbonyl (C=O) groups excluding carboxylic acids is 2. The second kappa shape index (κ2) is 4.51. The molecule has 0 aromatic carbocycles. The summed E-state index contributed by atoms with van der Waals surface area (Å²) in [6.07, 6.45) is 0.147. The molecule has 1 rings (SSSR count). The second-order valence-corrected chi connectivity index (χ2v) is 4.27. The van der Waals surface area contributed by atoms with Crippen molar-refractivity contribution in [2.75, 3.05) is 6.54 Å². The number of aliphatic carboxylic acids is 1. The van der Waals surface area contributed by atoms with E-state index in [9.17, 15) is 14.4 Å². The highest BCUT2D eigenvalue weighted by molar-refractivity contribution is 5.86. The molecule has 16 heavy (non-hydrogen) atoms. The number of rotatable bonds is 3. The van der Waals surface area contributed by atoms with E-state index in [4.69, 9.17) is 10.8 Å². The number of hydrogen-bond acceptors (Lipinski definition) is 3. The fourth-order valence-electron chi connectivity index (χ4n) is 2.27. The van der Waals surface area contributed by atoms with Gasteiger partial charge in [0, 0.05) is 12.5 Å². The standard InChI is InChI=1S/C10H16N2O4/c1-5-3-8(14)12(4-7(11)13)6(2)9(5)10(15)16/h5-6,9H,3-4H2,1-2H3,(H2,11,13)(H,15,16). The maximum atomic E-state index is 11.6. The number of carboxylic acid groups (broad SMARTS) is 1. The van der Waals surface area contributed by atoms with E-state index < -0.39 is 23.8 Å². The van der Waals surface area contributed by atoms with Crippen LogP contribution in [0.2, 0.25) is 0 Å². The number of piperidine rings is 1. The third-order valence-corrected chi connectivity index (χ3v) is 3.05. The Kier molecular flexibility index (Phi) is 3.51.